The molecule has 8 nitrogen and oxygen atoms in total. The highest BCUT2D eigenvalue weighted by atomic mass is 16.5. The van der Waals surface area contributed by atoms with Gasteiger partial charge in [-0.05, 0) is 70.4 Å². The van der Waals surface area contributed by atoms with Crippen LogP contribution in [0, 0.1) is 0 Å². The van der Waals surface area contributed by atoms with Crippen molar-refractivity contribution in [1.29, 1.82) is 0 Å². The van der Waals surface area contributed by atoms with Crippen LogP contribution >= 0.6 is 0 Å². The molecule has 0 bridgehead atoms. The third kappa shape index (κ3) is 4.62. The van der Waals surface area contributed by atoms with Gasteiger partial charge in [-0.15, -0.1) is 0 Å². The van der Waals surface area contributed by atoms with Crippen LogP contribution in [0.3, 0.4) is 0 Å². The van der Waals surface area contributed by atoms with E-state index in [4.69, 9.17) is 33.4 Å². The van der Waals surface area contributed by atoms with Crippen LogP contribution in [0.5, 0.6) is 69.0 Å². The molecule has 0 atom stereocenters. The van der Waals surface area contributed by atoms with Crippen molar-refractivity contribution in [3.8, 4) is 69.0 Å². The molecule has 0 saturated heterocycles. The summed E-state index contributed by atoms with van der Waals surface area (Å²) in [5, 5.41) is 0. The normalized spacial score (nSPS) is 14.0. The highest BCUT2D eigenvalue weighted by Crippen LogP contribution is 2.48. The molecule has 9 aromatic rings. The van der Waals surface area contributed by atoms with E-state index in [9.17, 15) is 0 Å². The summed E-state index contributed by atoms with van der Waals surface area (Å²) in [6.45, 7) is -0.729. The fraction of sp³-hybridized carbons (Fsp3) is 0. The Morgan fingerprint density at radius 2 is 0.703 bits per heavy atom. The SMILES string of the molecule is c1ccc(N(c2cc3c4c(c2)Oc2cc5c6c(c2B4c2c(cc4c7c2Oc2ccccc2B7c2ccccc2O4)O3)Oc2ccccc2B6c2ccccc2O5)c2ccccn2)cc1. The number of pyridine rings is 1. The standard InChI is InChI=1S/C53H29B3N2O6/c1-2-14-30(15-3-1)58(46-24-12-13-25-57-46)31-26-40-47-41(27-31)62-45-29-43-49-53(64-39-23-11-7-19-35(39)55(49)33-17-5-9-21-37(33)60-43)51(45)56(47)50-44(61-40)28-42-48-52(50)63-38-22-10-6-18-34(38)54(48)32-16-4-8-20-36(32)59-42/h1-29H. The Morgan fingerprint density at radius 1 is 0.312 bits per heavy atom. The van der Waals surface area contributed by atoms with Crippen LogP contribution < -0.4 is 82.5 Å². The van der Waals surface area contributed by atoms with E-state index in [1.807, 2.05) is 72.8 Å². The second-order valence-electron chi connectivity index (χ2n) is 16.8. The van der Waals surface area contributed by atoms with Crippen molar-refractivity contribution in [2.45, 2.75) is 0 Å². The Hall–Kier alpha value is -8.30. The summed E-state index contributed by atoms with van der Waals surface area (Å²) >= 11 is 0. The third-order valence-corrected chi connectivity index (χ3v) is 13.5. The Labute approximate surface area is 368 Å². The minimum Gasteiger partial charge on any atom is -0.459 e. The van der Waals surface area contributed by atoms with Gasteiger partial charge in [0.15, 0.2) is 0 Å². The molecule has 0 amide bonds. The van der Waals surface area contributed by atoms with Crippen LogP contribution in [0.15, 0.2) is 176 Å². The molecule has 0 fully saturated rings. The molecule has 0 N–H and O–H groups in total. The maximum absolute atomic E-state index is 7.22. The van der Waals surface area contributed by atoms with Gasteiger partial charge in [0.25, 0.3) is 20.1 Å². The van der Waals surface area contributed by atoms with E-state index in [2.05, 4.69) is 102 Å². The third-order valence-electron chi connectivity index (χ3n) is 13.5. The number of benzene rings is 8. The van der Waals surface area contributed by atoms with Gasteiger partial charge < -0.3 is 28.4 Å². The number of hydrogen-bond acceptors (Lipinski definition) is 8. The van der Waals surface area contributed by atoms with E-state index in [0.29, 0.717) is 46.0 Å². The number of nitrogens with zero attached hydrogens (tertiary/aromatic N) is 2. The van der Waals surface area contributed by atoms with Crippen molar-refractivity contribution in [2.75, 3.05) is 4.90 Å². The lowest BCUT2D eigenvalue weighted by Gasteiger charge is -2.41. The highest BCUT2D eigenvalue weighted by Gasteiger charge is 2.52. The lowest BCUT2D eigenvalue weighted by molar-refractivity contribution is 0.437. The Morgan fingerprint density at radius 3 is 1.17 bits per heavy atom. The van der Waals surface area contributed by atoms with Crippen molar-refractivity contribution < 1.29 is 28.4 Å². The topological polar surface area (TPSA) is 71.5 Å². The Bertz CT molecular complexity index is 3270. The second kappa shape index (κ2) is 12.6. The first-order valence-corrected chi connectivity index (χ1v) is 21.5. The van der Waals surface area contributed by atoms with E-state index in [1.165, 1.54) is 0 Å². The number of hydrogen-bond donors (Lipinski definition) is 0. The monoisotopic (exact) mass is 822 g/mol. The maximum Gasteiger partial charge on any atom is 0.270 e. The summed E-state index contributed by atoms with van der Waals surface area (Å²) < 4.78 is 42.4. The first-order valence-electron chi connectivity index (χ1n) is 21.5. The van der Waals surface area contributed by atoms with Crippen LogP contribution in [0.4, 0.5) is 17.2 Å². The average molecular weight is 822 g/mol. The van der Waals surface area contributed by atoms with Crippen molar-refractivity contribution in [3.63, 3.8) is 0 Å². The van der Waals surface area contributed by atoms with Gasteiger partial charge in [0.05, 0.1) is 5.69 Å². The summed E-state index contributed by atoms with van der Waals surface area (Å²) in [5.74, 6) is 9.30. The smallest absolute Gasteiger partial charge is 0.270 e. The minimum absolute atomic E-state index is 0.134. The number of aromatic nitrogens is 1. The van der Waals surface area contributed by atoms with E-state index < -0.39 is 6.71 Å². The second-order valence-corrected chi connectivity index (χ2v) is 16.8. The fourth-order valence-corrected chi connectivity index (χ4v) is 10.9. The molecule has 0 saturated carbocycles. The Balaban J connectivity index is 1.03. The van der Waals surface area contributed by atoms with Gasteiger partial charge in [0.1, 0.15) is 74.8 Å². The Kier molecular flexibility index (Phi) is 6.78. The van der Waals surface area contributed by atoms with E-state index in [1.54, 1.807) is 6.20 Å². The van der Waals surface area contributed by atoms with Gasteiger partial charge in [0.2, 0.25) is 0 Å². The van der Waals surface area contributed by atoms with Crippen LogP contribution in [-0.4, -0.2) is 25.1 Å². The van der Waals surface area contributed by atoms with E-state index in [-0.39, 0.29) is 13.4 Å². The number of para-hydroxylation sites is 5. The molecule has 15 rings (SSSR count). The molecule has 6 aliphatic heterocycles. The molecule has 8 aromatic carbocycles. The molecular weight excluding hydrogens is 793 g/mol. The molecule has 0 unspecified atom stereocenters. The molecule has 7 heterocycles. The number of ether oxygens (including phenoxy) is 6. The zero-order chi connectivity index (χ0) is 41.6. The van der Waals surface area contributed by atoms with E-state index in [0.717, 1.165) is 89.4 Å². The van der Waals surface area contributed by atoms with Gasteiger partial charge in [-0.3, -0.25) is 4.90 Å². The lowest BCUT2D eigenvalue weighted by Crippen LogP contribution is -2.64. The summed E-state index contributed by atoms with van der Waals surface area (Å²) in [4.78, 5) is 6.94. The lowest BCUT2D eigenvalue weighted by atomic mass is 9.29. The summed E-state index contributed by atoms with van der Waals surface area (Å²) in [7, 11) is 0. The summed E-state index contributed by atoms with van der Waals surface area (Å²) in [6.07, 6.45) is 1.81. The predicted octanol–water partition coefficient (Wildman–Crippen LogP) is 6.73. The molecule has 0 spiro atoms. The molecular formula is C53H29B3N2O6. The molecule has 1 aromatic heterocycles. The molecule has 0 radical (unpaired) electrons. The molecule has 296 valence electrons. The summed E-state index contributed by atoms with van der Waals surface area (Å²) in [5.41, 5.74) is 10.6. The number of fused-ring (bicyclic) bond motifs is 14. The minimum atomic E-state index is -0.460. The van der Waals surface area contributed by atoms with Gasteiger partial charge >= 0.3 is 0 Å². The van der Waals surface area contributed by atoms with Crippen LogP contribution in [0.2, 0.25) is 0 Å². The van der Waals surface area contributed by atoms with E-state index >= 15 is 0 Å². The van der Waals surface area contributed by atoms with Crippen molar-refractivity contribution in [2.24, 2.45) is 0 Å². The van der Waals surface area contributed by atoms with Gasteiger partial charge in [-0.25, -0.2) is 4.98 Å². The first-order chi connectivity index (χ1) is 31.7. The zero-order valence-corrected chi connectivity index (χ0v) is 33.8. The van der Waals surface area contributed by atoms with Crippen LogP contribution in [0.1, 0.15) is 0 Å². The quantitative estimate of drug-likeness (QED) is 0.182. The first kappa shape index (κ1) is 34.3. The number of rotatable bonds is 3. The molecule has 6 aliphatic rings. The van der Waals surface area contributed by atoms with Crippen molar-refractivity contribution in [1.82, 2.24) is 4.98 Å². The van der Waals surface area contributed by atoms with Crippen LogP contribution in [0.25, 0.3) is 0 Å². The molecule has 11 heteroatoms. The van der Waals surface area contributed by atoms with Gasteiger partial charge in [-0.1, -0.05) is 97.1 Å². The fourth-order valence-electron chi connectivity index (χ4n) is 10.9. The number of anilines is 3. The predicted molar refractivity (Wildman–Crippen MR) is 252 cm³/mol. The van der Waals surface area contributed by atoms with Crippen molar-refractivity contribution in [3.05, 3.63) is 176 Å². The maximum atomic E-state index is 7.22. The molecule has 0 aliphatic carbocycles. The zero-order valence-electron chi connectivity index (χ0n) is 33.8. The van der Waals surface area contributed by atoms with Crippen molar-refractivity contribution >= 4 is 86.5 Å². The highest BCUT2D eigenvalue weighted by molar-refractivity contribution is 7.03. The largest absolute Gasteiger partial charge is 0.459 e. The molecule has 64 heavy (non-hydrogen) atoms. The summed E-state index contributed by atoms with van der Waals surface area (Å²) in [6, 6.07) is 57.6. The van der Waals surface area contributed by atoms with Crippen LogP contribution in [-0.2, 0) is 0 Å². The average Bonchev–Trinajstić information content (AvgIpc) is 3.34. The van der Waals surface area contributed by atoms with Gasteiger partial charge in [-0.2, -0.15) is 0 Å². The van der Waals surface area contributed by atoms with Gasteiger partial charge in [0, 0.05) is 63.5 Å².